The predicted octanol–water partition coefficient (Wildman–Crippen LogP) is 1.09. The Labute approximate surface area is 137 Å². The molecule has 1 aromatic carbocycles. The summed E-state index contributed by atoms with van der Waals surface area (Å²) in [6.07, 6.45) is 2.44. The molecule has 2 amide bonds. The van der Waals surface area contributed by atoms with E-state index in [1.807, 2.05) is 24.3 Å². The van der Waals surface area contributed by atoms with Crippen LogP contribution in [0.1, 0.15) is 24.4 Å². The summed E-state index contributed by atoms with van der Waals surface area (Å²) in [5.41, 5.74) is 0.978. The van der Waals surface area contributed by atoms with Gasteiger partial charge in [-0.15, -0.1) is 0 Å². The molecule has 0 saturated carbocycles. The van der Waals surface area contributed by atoms with E-state index in [0.717, 1.165) is 24.0 Å². The zero-order valence-electron chi connectivity index (χ0n) is 13.4. The maximum Gasteiger partial charge on any atom is 0.315 e. The first kappa shape index (κ1) is 17.6. The quantitative estimate of drug-likeness (QED) is 0.758. The topological polar surface area (TPSA) is 87.7 Å². The van der Waals surface area contributed by atoms with E-state index >= 15 is 0 Å². The number of carbonyl (C=O) groups is 1. The molecule has 1 aliphatic rings. The number of sulfonamides is 1. The Morgan fingerprint density at radius 2 is 2.13 bits per heavy atom. The van der Waals surface area contributed by atoms with Crippen molar-refractivity contribution in [3.63, 3.8) is 0 Å². The fraction of sp³-hybridized carbons (Fsp3) is 0.533. The number of amides is 2. The zero-order valence-corrected chi connectivity index (χ0v) is 14.2. The average molecular weight is 341 g/mol. The molecular formula is C15H23N3O4S. The van der Waals surface area contributed by atoms with Gasteiger partial charge in [0.05, 0.1) is 18.9 Å². The Morgan fingerprint density at radius 1 is 1.39 bits per heavy atom. The van der Waals surface area contributed by atoms with Gasteiger partial charge in [-0.05, 0) is 12.5 Å². The second kappa shape index (κ2) is 7.65. The molecular weight excluding hydrogens is 318 g/mol. The van der Waals surface area contributed by atoms with Crippen LogP contribution in [0.25, 0.3) is 0 Å². The van der Waals surface area contributed by atoms with Gasteiger partial charge in [0.1, 0.15) is 5.75 Å². The average Bonchev–Trinajstić information content (AvgIpc) is 2.51. The first-order chi connectivity index (χ1) is 10.9. The first-order valence-electron chi connectivity index (χ1n) is 7.55. The van der Waals surface area contributed by atoms with Crippen molar-refractivity contribution >= 4 is 16.1 Å². The number of ether oxygens (including phenoxy) is 1. The number of fused-ring (bicyclic) bond motifs is 1. The van der Waals surface area contributed by atoms with Gasteiger partial charge >= 0.3 is 6.03 Å². The van der Waals surface area contributed by atoms with Crippen LogP contribution in [0, 0.1) is 0 Å². The van der Waals surface area contributed by atoms with Gasteiger partial charge in [-0.2, -0.15) is 0 Å². The van der Waals surface area contributed by atoms with Crippen LogP contribution in [-0.4, -0.2) is 51.8 Å². The highest BCUT2D eigenvalue weighted by molar-refractivity contribution is 7.88. The third kappa shape index (κ3) is 5.11. The van der Waals surface area contributed by atoms with E-state index in [0.29, 0.717) is 26.1 Å². The number of carbonyl (C=O) groups excluding carboxylic acids is 1. The van der Waals surface area contributed by atoms with Crippen molar-refractivity contribution < 1.29 is 17.9 Å². The predicted molar refractivity (Wildman–Crippen MR) is 87.9 cm³/mol. The molecule has 0 saturated heterocycles. The number of hydrogen-bond acceptors (Lipinski definition) is 4. The van der Waals surface area contributed by atoms with Crippen LogP contribution in [0.4, 0.5) is 4.79 Å². The van der Waals surface area contributed by atoms with E-state index in [-0.39, 0.29) is 12.1 Å². The maximum atomic E-state index is 12.0. The Morgan fingerprint density at radius 3 is 2.87 bits per heavy atom. The van der Waals surface area contributed by atoms with Gasteiger partial charge in [0.2, 0.25) is 10.0 Å². The minimum Gasteiger partial charge on any atom is -0.493 e. The minimum absolute atomic E-state index is 0.0707. The molecule has 1 heterocycles. The number of rotatable bonds is 6. The summed E-state index contributed by atoms with van der Waals surface area (Å²) in [5, 5.41) is 5.69. The molecule has 0 fully saturated rings. The van der Waals surface area contributed by atoms with Crippen molar-refractivity contribution in [3.05, 3.63) is 29.8 Å². The summed E-state index contributed by atoms with van der Waals surface area (Å²) >= 11 is 0. The Bertz CT molecular complexity index is 648. The molecule has 0 aromatic heterocycles. The maximum absolute atomic E-state index is 12.0. The lowest BCUT2D eigenvalue weighted by molar-refractivity contribution is 0.223. The van der Waals surface area contributed by atoms with Crippen LogP contribution < -0.4 is 15.4 Å². The van der Waals surface area contributed by atoms with Crippen molar-refractivity contribution in [3.8, 4) is 5.75 Å². The molecule has 23 heavy (non-hydrogen) atoms. The summed E-state index contributed by atoms with van der Waals surface area (Å²) < 4.78 is 29.3. The fourth-order valence-electron chi connectivity index (χ4n) is 2.37. The van der Waals surface area contributed by atoms with E-state index in [1.165, 1.54) is 11.4 Å². The standard InChI is InChI=1S/C15H23N3O4S/c1-18(23(2,20)21)10-5-9-16-15(19)17-13-8-11-22-14-7-4-3-6-12(13)14/h3-4,6-7,13H,5,8-11H2,1-2H3,(H2,16,17,19). The normalized spacial score (nSPS) is 17.3. The van der Waals surface area contributed by atoms with E-state index in [9.17, 15) is 13.2 Å². The van der Waals surface area contributed by atoms with E-state index in [2.05, 4.69) is 10.6 Å². The molecule has 1 aliphatic heterocycles. The highest BCUT2D eigenvalue weighted by atomic mass is 32.2. The van der Waals surface area contributed by atoms with E-state index in [1.54, 1.807) is 0 Å². The molecule has 128 valence electrons. The molecule has 1 aromatic rings. The third-order valence-corrected chi connectivity index (χ3v) is 5.08. The van der Waals surface area contributed by atoms with Gasteiger partial charge in [0.25, 0.3) is 0 Å². The SMILES string of the molecule is CN(CCCNC(=O)NC1CCOc2ccccc21)S(C)(=O)=O. The van der Waals surface area contributed by atoms with E-state index < -0.39 is 10.0 Å². The second-order valence-corrected chi connectivity index (χ2v) is 7.66. The van der Waals surface area contributed by atoms with Crippen molar-refractivity contribution in [2.45, 2.75) is 18.9 Å². The Balaban J connectivity index is 1.76. The Hall–Kier alpha value is -1.80. The summed E-state index contributed by atoms with van der Waals surface area (Å²) in [7, 11) is -1.65. The van der Waals surface area contributed by atoms with Gasteiger partial charge in [-0.1, -0.05) is 18.2 Å². The summed E-state index contributed by atoms with van der Waals surface area (Å²) in [4.78, 5) is 12.0. The number of nitrogens with zero attached hydrogens (tertiary/aromatic N) is 1. The number of para-hydroxylation sites is 1. The van der Waals surface area contributed by atoms with Gasteiger partial charge in [0, 0.05) is 32.1 Å². The van der Waals surface area contributed by atoms with Crippen LogP contribution in [0.3, 0.4) is 0 Å². The molecule has 0 radical (unpaired) electrons. The number of hydrogen-bond donors (Lipinski definition) is 2. The van der Waals surface area contributed by atoms with Gasteiger partial charge in [0.15, 0.2) is 0 Å². The lowest BCUT2D eigenvalue weighted by atomic mass is 10.0. The molecule has 0 spiro atoms. The summed E-state index contributed by atoms with van der Waals surface area (Å²) in [6, 6.07) is 7.33. The van der Waals surface area contributed by atoms with Gasteiger partial charge < -0.3 is 15.4 Å². The molecule has 2 N–H and O–H groups in total. The fourth-order valence-corrected chi connectivity index (χ4v) is 2.83. The molecule has 0 aliphatic carbocycles. The summed E-state index contributed by atoms with van der Waals surface area (Å²) in [5.74, 6) is 0.804. The second-order valence-electron chi connectivity index (χ2n) is 5.57. The van der Waals surface area contributed by atoms with Crippen molar-refractivity contribution in [1.82, 2.24) is 14.9 Å². The zero-order chi connectivity index (χ0) is 16.9. The molecule has 1 unspecified atom stereocenters. The monoisotopic (exact) mass is 341 g/mol. The molecule has 2 rings (SSSR count). The van der Waals surface area contributed by atoms with Crippen molar-refractivity contribution in [2.24, 2.45) is 0 Å². The largest absolute Gasteiger partial charge is 0.493 e. The number of benzene rings is 1. The van der Waals surface area contributed by atoms with E-state index in [4.69, 9.17) is 4.74 Å². The van der Waals surface area contributed by atoms with Crippen molar-refractivity contribution in [2.75, 3.05) is 33.0 Å². The number of nitrogens with one attached hydrogen (secondary N) is 2. The molecule has 1 atom stereocenters. The van der Waals surface area contributed by atoms with Gasteiger partial charge in [-0.3, -0.25) is 0 Å². The summed E-state index contributed by atoms with van der Waals surface area (Å²) in [6.45, 7) is 1.36. The van der Waals surface area contributed by atoms with Gasteiger partial charge in [-0.25, -0.2) is 17.5 Å². The highest BCUT2D eigenvalue weighted by Gasteiger charge is 2.22. The van der Waals surface area contributed by atoms with Crippen LogP contribution in [-0.2, 0) is 10.0 Å². The molecule has 0 bridgehead atoms. The first-order valence-corrected chi connectivity index (χ1v) is 9.40. The molecule has 7 nitrogen and oxygen atoms in total. The van der Waals surface area contributed by atoms with Crippen LogP contribution >= 0.6 is 0 Å². The number of urea groups is 1. The smallest absolute Gasteiger partial charge is 0.315 e. The minimum atomic E-state index is -3.17. The van der Waals surface area contributed by atoms with Crippen LogP contribution in [0.15, 0.2) is 24.3 Å². The van der Waals surface area contributed by atoms with Crippen LogP contribution in [0.5, 0.6) is 5.75 Å². The lowest BCUT2D eigenvalue weighted by Crippen LogP contribution is -2.40. The Kier molecular flexibility index (Phi) is 5.84. The molecule has 8 heteroatoms. The lowest BCUT2D eigenvalue weighted by Gasteiger charge is -2.26. The highest BCUT2D eigenvalue weighted by Crippen LogP contribution is 2.31. The van der Waals surface area contributed by atoms with Crippen molar-refractivity contribution in [1.29, 1.82) is 0 Å². The van der Waals surface area contributed by atoms with Crippen LogP contribution in [0.2, 0.25) is 0 Å². The third-order valence-electron chi connectivity index (χ3n) is 3.77.